The molecule has 31 heavy (non-hydrogen) atoms. The summed E-state index contributed by atoms with van der Waals surface area (Å²) >= 11 is 1.60. The number of anilines is 1. The Hall–Kier alpha value is -2.88. The van der Waals surface area contributed by atoms with Crippen molar-refractivity contribution in [2.75, 3.05) is 26.0 Å². The van der Waals surface area contributed by atoms with E-state index in [4.69, 9.17) is 9.47 Å². The van der Waals surface area contributed by atoms with E-state index in [0.29, 0.717) is 30.2 Å². The zero-order valence-electron chi connectivity index (χ0n) is 17.5. The monoisotopic (exact) mass is 460 g/mol. The molecule has 0 aliphatic heterocycles. The highest BCUT2D eigenvalue weighted by atomic mass is 32.2. The summed E-state index contributed by atoms with van der Waals surface area (Å²) in [6.45, 7) is 2.52. The number of nitrogens with one attached hydrogen (secondary N) is 1. The predicted molar refractivity (Wildman–Crippen MR) is 122 cm³/mol. The standard InChI is InChI=1S/C22H24N2O5S2/c1-4-28-20-11-10-17(14-21(20)31(26,27)24(2)3)23-22(25)16-7-5-8-18(13-16)29-15-19-9-6-12-30-19/h5-14H,4,15H2,1-3H3,(H,23,25). The van der Waals surface area contributed by atoms with Gasteiger partial charge in [-0.1, -0.05) is 12.1 Å². The number of hydrogen-bond donors (Lipinski definition) is 1. The molecule has 2 aromatic carbocycles. The Bertz CT molecular complexity index is 1140. The van der Waals surface area contributed by atoms with Crippen molar-refractivity contribution in [2.24, 2.45) is 0 Å². The van der Waals surface area contributed by atoms with E-state index >= 15 is 0 Å². The molecule has 3 aromatic rings. The lowest BCUT2D eigenvalue weighted by Crippen LogP contribution is -2.23. The SMILES string of the molecule is CCOc1ccc(NC(=O)c2cccc(OCc3cccs3)c2)cc1S(=O)(=O)N(C)C. The molecule has 3 rings (SSSR count). The second-order valence-electron chi connectivity index (χ2n) is 6.73. The summed E-state index contributed by atoms with van der Waals surface area (Å²) in [5.74, 6) is 0.431. The Balaban J connectivity index is 1.79. The normalized spacial score (nSPS) is 11.4. The van der Waals surface area contributed by atoms with Crippen LogP contribution in [0.15, 0.2) is 64.9 Å². The number of rotatable bonds is 9. The van der Waals surface area contributed by atoms with E-state index in [1.807, 2.05) is 17.5 Å². The number of amides is 1. The first-order valence-corrected chi connectivity index (χ1v) is 11.9. The van der Waals surface area contributed by atoms with Crippen molar-refractivity contribution < 1.29 is 22.7 Å². The molecule has 0 bridgehead atoms. The average molecular weight is 461 g/mol. The van der Waals surface area contributed by atoms with E-state index in [-0.39, 0.29) is 16.6 Å². The molecule has 9 heteroatoms. The Morgan fingerprint density at radius 3 is 2.55 bits per heavy atom. The topological polar surface area (TPSA) is 84.9 Å². The summed E-state index contributed by atoms with van der Waals surface area (Å²) in [6.07, 6.45) is 0. The smallest absolute Gasteiger partial charge is 0.255 e. The number of carbonyl (C=O) groups excluding carboxylic acids is 1. The largest absolute Gasteiger partial charge is 0.492 e. The molecule has 1 aromatic heterocycles. The van der Waals surface area contributed by atoms with Crippen LogP contribution < -0.4 is 14.8 Å². The number of thiophene rings is 1. The molecule has 164 valence electrons. The summed E-state index contributed by atoms with van der Waals surface area (Å²) < 4.78 is 37.6. The summed E-state index contributed by atoms with van der Waals surface area (Å²) in [6, 6.07) is 15.3. The van der Waals surface area contributed by atoms with Crippen LogP contribution in [0.25, 0.3) is 0 Å². The minimum Gasteiger partial charge on any atom is -0.492 e. The van der Waals surface area contributed by atoms with Crippen molar-refractivity contribution in [1.29, 1.82) is 0 Å². The van der Waals surface area contributed by atoms with Gasteiger partial charge in [0.2, 0.25) is 10.0 Å². The molecule has 0 spiro atoms. The summed E-state index contributed by atoms with van der Waals surface area (Å²) in [5, 5.41) is 4.72. The molecule has 7 nitrogen and oxygen atoms in total. The second-order valence-corrected chi connectivity index (χ2v) is 9.88. The quantitative estimate of drug-likeness (QED) is 0.517. The van der Waals surface area contributed by atoms with Gasteiger partial charge in [-0.15, -0.1) is 11.3 Å². The van der Waals surface area contributed by atoms with Crippen molar-refractivity contribution in [3.63, 3.8) is 0 Å². The van der Waals surface area contributed by atoms with E-state index in [1.54, 1.807) is 48.6 Å². The van der Waals surface area contributed by atoms with Gasteiger partial charge in [-0.05, 0) is 54.8 Å². The molecular weight excluding hydrogens is 436 g/mol. The lowest BCUT2D eigenvalue weighted by molar-refractivity contribution is 0.102. The Morgan fingerprint density at radius 1 is 1.06 bits per heavy atom. The predicted octanol–water partition coefficient (Wildman–Crippen LogP) is 4.23. The van der Waals surface area contributed by atoms with Crippen molar-refractivity contribution in [3.05, 3.63) is 70.4 Å². The molecule has 1 heterocycles. The van der Waals surface area contributed by atoms with E-state index in [2.05, 4.69) is 5.32 Å². The van der Waals surface area contributed by atoms with Gasteiger partial charge in [-0.3, -0.25) is 4.79 Å². The maximum absolute atomic E-state index is 12.7. The maximum atomic E-state index is 12.7. The Morgan fingerprint density at radius 2 is 1.87 bits per heavy atom. The number of benzene rings is 2. The van der Waals surface area contributed by atoms with Crippen LogP contribution in [0.5, 0.6) is 11.5 Å². The molecule has 0 saturated heterocycles. The summed E-state index contributed by atoms with van der Waals surface area (Å²) in [5.41, 5.74) is 0.744. The highest BCUT2D eigenvalue weighted by Gasteiger charge is 2.23. The van der Waals surface area contributed by atoms with E-state index in [0.717, 1.165) is 9.18 Å². The second kappa shape index (κ2) is 9.95. The van der Waals surface area contributed by atoms with Crippen LogP contribution in [-0.2, 0) is 16.6 Å². The van der Waals surface area contributed by atoms with E-state index < -0.39 is 10.0 Å². The molecule has 0 fully saturated rings. The van der Waals surface area contributed by atoms with Crippen LogP contribution in [-0.4, -0.2) is 39.3 Å². The summed E-state index contributed by atoms with van der Waals surface area (Å²) in [4.78, 5) is 13.8. The molecule has 0 atom stereocenters. The lowest BCUT2D eigenvalue weighted by Gasteiger charge is -2.16. The van der Waals surface area contributed by atoms with Crippen LogP contribution in [0.3, 0.4) is 0 Å². The highest BCUT2D eigenvalue weighted by Crippen LogP contribution is 2.29. The van der Waals surface area contributed by atoms with E-state index in [9.17, 15) is 13.2 Å². The molecule has 0 unspecified atom stereocenters. The number of ether oxygens (including phenoxy) is 2. The third kappa shape index (κ3) is 5.63. The molecule has 1 N–H and O–H groups in total. The van der Waals surface area contributed by atoms with Crippen LogP contribution in [0.4, 0.5) is 5.69 Å². The van der Waals surface area contributed by atoms with Crippen LogP contribution in [0, 0.1) is 0 Å². The lowest BCUT2D eigenvalue weighted by atomic mass is 10.2. The third-order valence-electron chi connectivity index (χ3n) is 4.32. The molecule has 0 saturated carbocycles. The van der Waals surface area contributed by atoms with Crippen LogP contribution in [0.1, 0.15) is 22.2 Å². The van der Waals surface area contributed by atoms with Crippen LogP contribution >= 0.6 is 11.3 Å². The third-order valence-corrected chi connectivity index (χ3v) is 7.00. The minimum absolute atomic E-state index is 0.00909. The van der Waals surface area contributed by atoms with Gasteiger partial charge in [-0.2, -0.15) is 0 Å². The average Bonchev–Trinajstić information content (AvgIpc) is 3.27. The maximum Gasteiger partial charge on any atom is 0.255 e. The number of carbonyl (C=O) groups is 1. The molecular formula is C22H24N2O5S2. The van der Waals surface area contributed by atoms with E-state index in [1.165, 1.54) is 26.2 Å². The van der Waals surface area contributed by atoms with Gasteiger partial charge in [-0.25, -0.2) is 12.7 Å². The zero-order valence-corrected chi connectivity index (χ0v) is 19.1. The van der Waals surface area contributed by atoms with Gasteiger partial charge in [0.25, 0.3) is 5.91 Å². The number of nitrogens with zero attached hydrogens (tertiary/aromatic N) is 1. The number of sulfonamides is 1. The van der Waals surface area contributed by atoms with Gasteiger partial charge in [0, 0.05) is 30.2 Å². The van der Waals surface area contributed by atoms with Crippen molar-refractivity contribution >= 4 is 33.0 Å². The van der Waals surface area contributed by atoms with Crippen molar-refractivity contribution in [2.45, 2.75) is 18.4 Å². The molecule has 0 radical (unpaired) electrons. The first kappa shape index (κ1) is 22.8. The van der Waals surface area contributed by atoms with Gasteiger partial charge >= 0.3 is 0 Å². The highest BCUT2D eigenvalue weighted by molar-refractivity contribution is 7.89. The van der Waals surface area contributed by atoms with Gasteiger partial charge in [0.15, 0.2) is 0 Å². The van der Waals surface area contributed by atoms with Gasteiger partial charge < -0.3 is 14.8 Å². The van der Waals surface area contributed by atoms with Crippen molar-refractivity contribution in [1.82, 2.24) is 4.31 Å². The van der Waals surface area contributed by atoms with Gasteiger partial charge in [0.05, 0.1) is 6.61 Å². The zero-order chi connectivity index (χ0) is 22.4. The minimum atomic E-state index is -3.75. The number of hydrogen-bond acceptors (Lipinski definition) is 6. The first-order valence-electron chi connectivity index (χ1n) is 9.57. The Kier molecular flexibility index (Phi) is 7.32. The molecule has 1 amide bonds. The van der Waals surface area contributed by atoms with Crippen LogP contribution in [0.2, 0.25) is 0 Å². The van der Waals surface area contributed by atoms with Gasteiger partial charge in [0.1, 0.15) is 23.0 Å². The first-order chi connectivity index (χ1) is 14.8. The molecule has 0 aliphatic carbocycles. The molecule has 0 aliphatic rings. The fourth-order valence-electron chi connectivity index (χ4n) is 2.74. The fourth-order valence-corrected chi connectivity index (χ4v) is 4.40. The van der Waals surface area contributed by atoms with Crippen molar-refractivity contribution in [3.8, 4) is 11.5 Å². The summed E-state index contributed by atoms with van der Waals surface area (Å²) in [7, 11) is -0.865. The Labute approximate surface area is 186 Å². The fraction of sp³-hybridized carbons (Fsp3) is 0.227.